The number of hydrogen-bond donors (Lipinski definition) is 2. The zero-order chi connectivity index (χ0) is 18.8. The van der Waals surface area contributed by atoms with Gasteiger partial charge in [-0.05, 0) is 48.4 Å². The van der Waals surface area contributed by atoms with E-state index in [1.54, 1.807) is 6.07 Å². The first-order valence-electron chi connectivity index (χ1n) is 8.56. The van der Waals surface area contributed by atoms with Crippen LogP contribution < -0.4 is 5.43 Å². The first-order chi connectivity index (χ1) is 13.1. The number of nitrogens with zero attached hydrogens (tertiary/aromatic N) is 2. The number of benzene rings is 2. The van der Waals surface area contributed by atoms with Crippen LogP contribution in [-0.2, 0) is 0 Å². The van der Waals surface area contributed by atoms with E-state index in [9.17, 15) is 4.79 Å². The zero-order valence-electron chi connectivity index (χ0n) is 15.0. The molecule has 0 aliphatic rings. The zero-order valence-corrected chi connectivity index (χ0v) is 15.0. The highest BCUT2D eigenvalue weighted by molar-refractivity contribution is 6.03. The average Bonchev–Trinajstić information content (AvgIpc) is 3.34. The van der Waals surface area contributed by atoms with Gasteiger partial charge in [-0.15, -0.1) is 0 Å². The van der Waals surface area contributed by atoms with E-state index in [1.807, 2.05) is 62.4 Å². The smallest absolute Gasteiger partial charge is 0.291 e. The number of amides is 1. The maximum Gasteiger partial charge on any atom is 0.291 e. The summed E-state index contributed by atoms with van der Waals surface area (Å²) in [5, 5.41) is 13.3. The van der Waals surface area contributed by atoms with E-state index in [0.29, 0.717) is 17.2 Å². The number of aromatic amines is 1. The van der Waals surface area contributed by atoms with Gasteiger partial charge in [-0.2, -0.15) is 10.2 Å². The number of hydrogen-bond acceptors (Lipinski definition) is 4. The lowest BCUT2D eigenvalue weighted by Gasteiger charge is -2.04. The number of aryl methyl sites for hydroxylation is 1. The van der Waals surface area contributed by atoms with E-state index in [0.717, 1.165) is 22.1 Å². The minimum atomic E-state index is -0.388. The Morgan fingerprint density at radius 2 is 1.89 bits per heavy atom. The molecular formula is C21H18N4O2. The summed E-state index contributed by atoms with van der Waals surface area (Å²) in [6.07, 6.45) is 0. The molecular weight excluding hydrogens is 340 g/mol. The predicted molar refractivity (Wildman–Crippen MR) is 105 cm³/mol. The van der Waals surface area contributed by atoms with Gasteiger partial charge in [0.05, 0.1) is 5.71 Å². The summed E-state index contributed by atoms with van der Waals surface area (Å²) in [5.74, 6) is 1.04. The lowest BCUT2D eigenvalue weighted by molar-refractivity contribution is 0.0950. The Morgan fingerprint density at radius 1 is 1.07 bits per heavy atom. The molecule has 0 spiro atoms. The Kier molecular flexibility index (Phi) is 4.30. The number of aromatic nitrogens is 2. The Hall–Kier alpha value is -3.67. The Labute approximate surface area is 155 Å². The van der Waals surface area contributed by atoms with Gasteiger partial charge < -0.3 is 4.42 Å². The van der Waals surface area contributed by atoms with Crippen molar-refractivity contribution in [3.05, 3.63) is 77.7 Å². The summed E-state index contributed by atoms with van der Waals surface area (Å²) in [6.45, 7) is 3.71. The summed E-state index contributed by atoms with van der Waals surface area (Å²) >= 11 is 0. The minimum absolute atomic E-state index is 0.245. The van der Waals surface area contributed by atoms with Crippen molar-refractivity contribution in [1.29, 1.82) is 0 Å². The third-order valence-electron chi connectivity index (χ3n) is 4.31. The maximum atomic E-state index is 12.3. The fourth-order valence-electron chi connectivity index (χ4n) is 2.81. The van der Waals surface area contributed by atoms with Crippen LogP contribution in [0.4, 0.5) is 0 Å². The molecule has 6 heteroatoms. The van der Waals surface area contributed by atoms with E-state index in [4.69, 9.17) is 4.42 Å². The normalized spacial score (nSPS) is 11.7. The van der Waals surface area contributed by atoms with Crippen molar-refractivity contribution in [2.45, 2.75) is 13.8 Å². The molecule has 2 heterocycles. The van der Waals surface area contributed by atoms with Crippen molar-refractivity contribution in [2.24, 2.45) is 5.10 Å². The molecule has 4 rings (SSSR count). The third kappa shape index (κ3) is 3.50. The van der Waals surface area contributed by atoms with Crippen molar-refractivity contribution >= 4 is 22.4 Å². The number of fused-ring (bicyclic) bond motifs is 1. The first kappa shape index (κ1) is 16.8. The van der Waals surface area contributed by atoms with Gasteiger partial charge in [0.25, 0.3) is 5.91 Å². The summed E-state index contributed by atoms with van der Waals surface area (Å²) < 4.78 is 5.52. The predicted octanol–water partition coefficient (Wildman–Crippen LogP) is 4.29. The van der Waals surface area contributed by atoms with Crippen LogP contribution in [0, 0.1) is 6.92 Å². The van der Waals surface area contributed by atoms with Crippen LogP contribution in [0.1, 0.15) is 28.7 Å². The number of H-pyrrole nitrogens is 1. The van der Waals surface area contributed by atoms with Crippen LogP contribution in [0.3, 0.4) is 0 Å². The van der Waals surface area contributed by atoms with E-state index in [2.05, 4.69) is 26.8 Å². The standard InChI is InChI=1S/C21H18N4O2/c1-13-7-10-20(27-13)18-12-19(24-23-18)21(26)25-22-14(2)16-9-8-15-5-3-4-6-17(15)11-16/h3-12H,1-2H3,(H,23,24)(H,25,26). The van der Waals surface area contributed by atoms with Gasteiger partial charge in [-0.3, -0.25) is 9.89 Å². The molecule has 1 amide bonds. The molecule has 0 saturated heterocycles. The Balaban J connectivity index is 1.49. The van der Waals surface area contributed by atoms with Gasteiger partial charge in [0.2, 0.25) is 0 Å². The maximum absolute atomic E-state index is 12.3. The van der Waals surface area contributed by atoms with Gasteiger partial charge in [0.15, 0.2) is 11.5 Å². The van der Waals surface area contributed by atoms with Crippen LogP contribution in [-0.4, -0.2) is 21.8 Å². The molecule has 0 aliphatic carbocycles. The quantitative estimate of drug-likeness (QED) is 0.422. The number of carbonyl (C=O) groups is 1. The number of hydrazone groups is 1. The molecule has 134 valence electrons. The van der Waals surface area contributed by atoms with E-state index in [-0.39, 0.29) is 11.6 Å². The molecule has 6 nitrogen and oxygen atoms in total. The summed E-state index contributed by atoms with van der Waals surface area (Å²) in [6, 6.07) is 19.5. The fourth-order valence-corrected chi connectivity index (χ4v) is 2.81. The van der Waals surface area contributed by atoms with Crippen LogP contribution in [0.2, 0.25) is 0 Å². The van der Waals surface area contributed by atoms with E-state index in [1.165, 1.54) is 0 Å². The van der Waals surface area contributed by atoms with Crippen LogP contribution >= 0.6 is 0 Å². The average molecular weight is 358 g/mol. The van der Waals surface area contributed by atoms with Crippen LogP contribution in [0.15, 0.2) is 70.2 Å². The second kappa shape index (κ2) is 6.92. The van der Waals surface area contributed by atoms with Crippen molar-refractivity contribution in [1.82, 2.24) is 15.6 Å². The number of carbonyl (C=O) groups excluding carboxylic acids is 1. The highest BCUT2D eigenvalue weighted by Crippen LogP contribution is 2.20. The second-order valence-electron chi connectivity index (χ2n) is 6.28. The molecule has 2 aromatic heterocycles. The van der Waals surface area contributed by atoms with Crippen molar-refractivity contribution < 1.29 is 9.21 Å². The molecule has 0 atom stereocenters. The van der Waals surface area contributed by atoms with E-state index >= 15 is 0 Å². The van der Waals surface area contributed by atoms with Gasteiger partial charge in [0.1, 0.15) is 11.5 Å². The van der Waals surface area contributed by atoms with Crippen LogP contribution in [0.5, 0.6) is 0 Å². The molecule has 0 bridgehead atoms. The monoisotopic (exact) mass is 358 g/mol. The minimum Gasteiger partial charge on any atom is -0.460 e. The molecule has 27 heavy (non-hydrogen) atoms. The van der Waals surface area contributed by atoms with Gasteiger partial charge in [-0.1, -0.05) is 36.4 Å². The largest absolute Gasteiger partial charge is 0.460 e. The van der Waals surface area contributed by atoms with Gasteiger partial charge in [-0.25, -0.2) is 5.43 Å². The summed E-state index contributed by atoms with van der Waals surface area (Å²) in [5.41, 5.74) is 5.10. The van der Waals surface area contributed by atoms with Gasteiger partial charge >= 0.3 is 0 Å². The number of nitrogens with one attached hydrogen (secondary N) is 2. The fraction of sp³-hybridized carbons (Fsp3) is 0.0952. The SMILES string of the molecule is CC(=NNC(=O)c1cc(-c2ccc(C)o2)[nH]n1)c1ccc2ccccc2c1. The number of furan rings is 1. The van der Waals surface area contributed by atoms with Gasteiger partial charge in [0, 0.05) is 6.07 Å². The van der Waals surface area contributed by atoms with Crippen molar-refractivity contribution in [2.75, 3.05) is 0 Å². The summed E-state index contributed by atoms with van der Waals surface area (Å²) in [4.78, 5) is 12.3. The Morgan fingerprint density at radius 3 is 2.67 bits per heavy atom. The highest BCUT2D eigenvalue weighted by Gasteiger charge is 2.13. The first-order valence-corrected chi connectivity index (χ1v) is 8.56. The molecule has 0 fully saturated rings. The van der Waals surface area contributed by atoms with Crippen LogP contribution in [0.25, 0.3) is 22.2 Å². The molecule has 0 unspecified atom stereocenters. The molecule has 0 radical (unpaired) electrons. The van der Waals surface area contributed by atoms with Crippen molar-refractivity contribution in [3.8, 4) is 11.5 Å². The van der Waals surface area contributed by atoms with Crippen molar-refractivity contribution in [3.63, 3.8) is 0 Å². The lowest BCUT2D eigenvalue weighted by Crippen LogP contribution is -2.19. The molecule has 2 N–H and O–H groups in total. The third-order valence-corrected chi connectivity index (χ3v) is 4.31. The second-order valence-corrected chi connectivity index (χ2v) is 6.28. The Bertz CT molecular complexity index is 1150. The lowest BCUT2D eigenvalue weighted by atomic mass is 10.0. The molecule has 0 saturated carbocycles. The number of rotatable bonds is 4. The highest BCUT2D eigenvalue weighted by atomic mass is 16.3. The molecule has 2 aromatic carbocycles. The molecule has 0 aliphatic heterocycles. The van der Waals surface area contributed by atoms with E-state index < -0.39 is 0 Å². The topological polar surface area (TPSA) is 83.3 Å². The molecule has 4 aromatic rings. The summed E-state index contributed by atoms with van der Waals surface area (Å²) in [7, 11) is 0.